The minimum absolute atomic E-state index is 0.440. The monoisotopic (exact) mass is 99.1 g/mol. The molecule has 1 aliphatic carbocycles. The Balaban J connectivity index is 2.20. The molecule has 1 aliphatic rings. The van der Waals surface area contributed by atoms with Gasteiger partial charge in [-0.25, -0.2) is 0 Å². The van der Waals surface area contributed by atoms with Crippen molar-refractivity contribution in [2.24, 2.45) is 17.6 Å². The fraction of sp³-hybridized carbons (Fsp3) is 1.00. The molecule has 1 nitrogen and oxygen atoms in total. The Kier molecular flexibility index (Phi) is 1.08. The van der Waals surface area contributed by atoms with E-state index in [0.29, 0.717) is 6.04 Å². The van der Waals surface area contributed by atoms with E-state index in [0.717, 1.165) is 11.8 Å². The number of hydrogen-bond donors (Lipinski definition) is 1. The summed E-state index contributed by atoms with van der Waals surface area (Å²) in [6.45, 7) is 4.35. The number of nitrogens with two attached hydrogens (primary N) is 1. The molecule has 0 aromatic rings. The third kappa shape index (κ3) is 0.942. The molecule has 1 rings (SSSR count). The maximum absolute atomic E-state index is 5.59. The van der Waals surface area contributed by atoms with Crippen molar-refractivity contribution in [2.45, 2.75) is 26.3 Å². The highest BCUT2D eigenvalue weighted by molar-refractivity contribution is 4.87. The van der Waals surface area contributed by atoms with E-state index in [4.69, 9.17) is 5.73 Å². The van der Waals surface area contributed by atoms with Gasteiger partial charge in [-0.1, -0.05) is 6.92 Å². The molecule has 7 heavy (non-hydrogen) atoms. The van der Waals surface area contributed by atoms with Crippen LogP contribution in [0.3, 0.4) is 0 Å². The van der Waals surface area contributed by atoms with Crippen LogP contribution in [0, 0.1) is 11.8 Å². The Morgan fingerprint density at radius 1 is 1.71 bits per heavy atom. The van der Waals surface area contributed by atoms with Gasteiger partial charge in [0, 0.05) is 6.04 Å². The van der Waals surface area contributed by atoms with Crippen LogP contribution >= 0.6 is 0 Å². The molecule has 1 saturated carbocycles. The molecule has 1 heteroatoms. The van der Waals surface area contributed by atoms with Crippen LogP contribution in [0.2, 0.25) is 0 Å². The van der Waals surface area contributed by atoms with Crippen molar-refractivity contribution >= 4 is 0 Å². The first-order valence-electron chi connectivity index (χ1n) is 2.97. The van der Waals surface area contributed by atoms with E-state index < -0.39 is 0 Å². The minimum atomic E-state index is 0.440. The molecule has 0 saturated heterocycles. The zero-order chi connectivity index (χ0) is 5.44. The Labute approximate surface area is 44.9 Å². The van der Waals surface area contributed by atoms with Crippen LogP contribution in [0.4, 0.5) is 0 Å². The Hall–Kier alpha value is -0.0400. The Morgan fingerprint density at radius 2 is 2.14 bits per heavy atom. The quantitative estimate of drug-likeness (QED) is 0.521. The normalized spacial score (nSPS) is 43.3. The van der Waals surface area contributed by atoms with Crippen molar-refractivity contribution in [3.8, 4) is 0 Å². The predicted molar refractivity (Wildman–Crippen MR) is 30.9 cm³/mol. The minimum Gasteiger partial charge on any atom is -0.328 e. The van der Waals surface area contributed by atoms with Gasteiger partial charge in [-0.05, 0) is 25.2 Å². The fourth-order valence-corrected chi connectivity index (χ4v) is 1.08. The van der Waals surface area contributed by atoms with Crippen molar-refractivity contribution in [3.05, 3.63) is 0 Å². The molecular formula is C6H13N. The second-order valence-electron chi connectivity index (χ2n) is 2.74. The number of rotatable bonds is 1. The van der Waals surface area contributed by atoms with E-state index in [9.17, 15) is 0 Å². The lowest BCUT2D eigenvalue weighted by molar-refractivity contribution is 0.608. The molecular weight excluding hydrogens is 86.1 g/mol. The van der Waals surface area contributed by atoms with E-state index in [1.54, 1.807) is 0 Å². The van der Waals surface area contributed by atoms with Crippen LogP contribution in [0.15, 0.2) is 0 Å². The molecule has 2 N–H and O–H groups in total. The maximum atomic E-state index is 5.59. The zero-order valence-electron chi connectivity index (χ0n) is 5.02. The zero-order valence-corrected chi connectivity index (χ0v) is 5.02. The molecule has 0 heterocycles. The summed E-state index contributed by atoms with van der Waals surface area (Å²) in [4.78, 5) is 0. The molecule has 3 atom stereocenters. The van der Waals surface area contributed by atoms with E-state index in [1.165, 1.54) is 6.42 Å². The smallest absolute Gasteiger partial charge is 0.00414 e. The van der Waals surface area contributed by atoms with Gasteiger partial charge in [0.25, 0.3) is 0 Å². The van der Waals surface area contributed by atoms with Gasteiger partial charge >= 0.3 is 0 Å². The summed E-state index contributed by atoms with van der Waals surface area (Å²) in [5.74, 6) is 1.76. The van der Waals surface area contributed by atoms with Crippen molar-refractivity contribution in [2.75, 3.05) is 0 Å². The van der Waals surface area contributed by atoms with E-state index in [-0.39, 0.29) is 0 Å². The van der Waals surface area contributed by atoms with Gasteiger partial charge < -0.3 is 5.73 Å². The van der Waals surface area contributed by atoms with Crippen molar-refractivity contribution < 1.29 is 0 Å². The second-order valence-corrected chi connectivity index (χ2v) is 2.74. The van der Waals surface area contributed by atoms with E-state index in [2.05, 4.69) is 13.8 Å². The first-order valence-corrected chi connectivity index (χ1v) is 2.97. The molecule has 0 spiro atoms. The van der Waals surface area contributed by atoms with Gasteiger partial charge in [0.05, 0.1) is 0 Å². The summed E-state index contributed by atoms with van der Waals surface area (Å²) in [5, 5.41) is 0. The second kappa shape index (κ2) is 1.48. The standard InChI is InChI=1S/C6H13N/c1-4-3-6(4)5(2)7/h4-6H,3,7H2,1-2H3. The maximum Gasteiger partial charge on any atom is 0.00414 e. The molecule has 0 aromatic heterocycles. The van der Waals surface area contributed by atoms with Crippen molar-refractivity contribution in [1.29, 1.82) is 0 Å². The van der Waals surface area contributed by atoms with Crippen LogP contribution in [0.1, 0.15) is 20.3 Å². The molecule has 0 amide bonds. The fourth-order valence-electron chi connectivity index (χ4n) is 1.08. The largest absolute Gasteiger partial charge is 0.328 e. The Bertz CT molecular complexity index is 68.6. The summed E-state index contributed by atoms with van der Waals surface area (Å²) in [6.07, 6.45) is 1.36. The van der Waals surface area contributed by atoms with Gasteiger partial charge in [-0.15, -0.1) is 0 Å². The van der Waals surface area contributed by atoms with Crippen LogP contribution in [0.25, 0.3) is 0 Å². The molecule has 1 fully saturated rings. The third-order valence-electron chi connectivity index (χ3n) is 1.85. The summed E-state index contributed by atoms with van der Waals surface area (Å²) in [7, 11) is 0. The van der Waals surface area contributed by atoms with Gasteiger partial charge in [0.2, 0.25) is 0 Å². The van der Waals surface area contributed by atoms with Gasteiger partial charge in [0.15, 0.2) is 0 Å². The highest BCUT2D eigenvalue weighted by Gasteiger charge is 2.34. The molecule has 0 bridgehead atoms. The van der Waals surface area contributed by atoms with Crippen LogP contribution in [-0.4, -0.2) is 6.04 Å². The third-order valence-corrected chi connectivity index (χ3v) is 1.85. The van der Waals surface area contributed by atoms with E-state index >= 15 is 0 Å². The van der Waals surface area contributed by atoms with Crippen LogP contribution in [-0.2, 0) is 0 Å². The van der Waals surface area contributed by atoms with Gasteiger partial charge in [-0.3, -0.25) is 0 Å². The highest BCUT2D eigenvalue weighted by Crippen LogP contribution is 2.39. The van der Waals surface area contributed by atoms with Crippen molar-refractivity contribution in [3.63, 3.8) is 0 Å². The van der Waals surface area contributed by atoms with Gasteiger partial charge in [0.1, 0.15) is 0 Å². The Morgan fingerprint density at radius 3 is 2.14 bits per heavy atom. The summed E-state index contributed by atoms with van der Waals surface area (Å²) >= 11 is 0. The predicted octanol–water partition coefficient (Wildman–Crippen LogP) is 0.990. The molecule has 0 aromatic carbocycles. The average Bonchev–Trinajstić information content (AvgIpc) is 2.17. The molecule has 0 radical (unpaired) electrons. The summed E-state index contributed by atoms with van der Waals surface area (Å²) in [6, 6.07) is 0.440. The summed E-state index contributed by atoms with van der Waals surface area (Å²) in [5.41, 5.74) is 5.59. The van der Waals surface area contributed by atoms with Gasteiger partial charge in [-0.2, -0.15) is 0 Å². The first-order chi connectivity index (χ1) is 3.22. The van der Waals surface area contributed by atoms with Crippen molar-refractivity contribution in [1.82, 2.24) is 0 Å². The van der Waals surface area contributed by atoms with Crippen LogP contribution in [0.5, 0.6) is 0 Å². The molecule has 3 unspecified atom stereocenters. The lowest BCUT2D eigenvalue weighted by atomic mass is 10.2. The number of hydrogen-bond acceptors (Lipinski definition) is 1. The SMILES string of the molecule is CC(N)C1CC1C. The van der Waals surface area contributed by atoms with Crippen LogP contribution < -0.4 is 5.73 Å². The average molecular weight is 99.2 g/mol. The summed E-state index contributed by atoms with van der Waals surface area (Å²) < 4.78 is 0. The highest BCUT2D eigenvalue weighted by atomic mass is 14.7. The lowest BCUT2D eigenvalue weighted by Gasteiger charge is -1.97. The molecule has 42 valence electrons. The van der Waals surface area contributed by atoms with E-state index in [1.807, 2.05) is 0 Å². The lowest BCUT2D eigenvalue weighted by Crippen LogP contribution is -2.17. The topological polar surface area (TPSA) is 26.0 Å². The first kappa shape index (κ1) is 5.10. The molecule has 0 aliphatic heterocycles.